The highest BCUT2D eigenvalue weighted by Crippen LogP contribution is 2.20. The van der Waals surface area contributed by atoms with Gasteiger partial charge in [-0.2, -0.15) is 0 Å². The van der Waals surface area contributed by atoms with Crippen LogP contribution in [0.25, 0.3) is 0 Å². The minimum absolute atomic E-state index is 0.430. The molecule has 1 heterocycles. The maximum absolute atomic E-state index is 5.73. The fraction of sp³-hybridized carbons (Fsp3) is 0.375. The van der Waals surface area contributed by atoms with Gasteiger partial charge in [-0.25, -0.2) is 4.98 Å². The molecule has 0 amide bonds. The first-order valence-electron chi connectivity index (χ1n) is 3.77. The summed E-state index contributed by atoms with van der Waals surface area (Å²) in [4.78, 5) is 4.10. The van der Waals surface area contributed by atoms with E-state index in [0.29, 0.717) is 17.4 Å². The molecule has 0 aliphatic heterocycles. The molecular weight excluding hydrogens is 208 g/mol. The lowest BCUT2D eigenvalue weighted by molar-refractivity contribution is 0.218. The fourth-order valence-electron chi connectivity index (χ4n) is 0.795. The summed E-state index contributed by atoms with van der Waals surface area (Å²) in [7, 11) is 1.67. The number of pyridine rings is 1. The third kappa shape index (κ3) is 3.85. The predicted octanol–water partition coefficient (Wildman–Crippen LogP) is 2.06. The number of halogens is 1. The second-order valence-electron chi connectivity index (χ2n) is 2.40. The summed E-state index contributed by atoms with van der Waals surface area (Å²) in [6.45, 7) is 0.693. The molecule has 0 unspecified atom stereocenters. The molecule has 0 aromatic carbocycles. The van der Waals surface area contributed by atoms with Crippen molar-refractivity contribution in [3.05, 3.63) is 17.3 Å². The van der Waals surface area contributed by atoms with E-state index in [0.717, 1.165) is 10.8 Å². The topological polar surface area (TPSA) is 48.1 Å². The Morgan fingerprint density at radius 3 is 3.00 bits per heavy atom. The van der Waals surface area contributed by atoms with Gasteiger partial charge in [0, 0.05) is 18.6 Å². The molecule has 1 rings (SSSR count). The molecule has 0 bridgehead atoms. The molecule has 13 heavy (non-hydrogen) atoms. The molecule has 0 radical (unpaired) electrons. The van der Waals surface area contributed by atoms with Crippen molar-refractivity contribution in [2.24, 2.45) is 0 Å². The standard InChI is InChI=1S/C8H11ClN2OS/c1-12-2-3-13-8-5-6(10)4-7(9)11-8/h4-5H,2-3H2,1H3,(H2,10,11). The number of rotatable bonds is 4. The van der Waals surface area contributed by atoms with E-state index in [1.54, 1.807) is 31.0 Å². The molecule has 0 saturated carbocycles. The van der Waals surface area contributed by atoms with Crippen molar-refractivity contribution in [2.75, 3.05) is 25.2 Å². The zero-order chi connectivity index (χ0) is 9.68. The first-order chi connectivity index (χ1) is 6.22. The molecule has 1 aromatic heterocycles. The highest BCUT2D eigenvalue weighted by atomic mass is 35.5. The number of nitrogens with two attached hydrogens (primary N) is 1. The van der Waals surface area contributed by atoms with Gasteiger partial charge in [-0.05, 0) is 12.1 Å². The Bertz CT molecular complexity index is 263. The van der Waals surface area contributed by atoms with Gasteiger partial charge in [-0.1, -0.05) is 11.6 Å². The van der Waals surface area contributed by atoms with E-state index in [2.05, 4.69) is 4.98 Å². The molecule has 0 saturated heterocycles. The van der Waals surface area contributed by atoms with Crippen LogP contribution in [0.2, 0.25) is 5.15 Å². The molecule has 0 aliphatic carbocycles. The summed E-state index contributed by atoms with van der Waals surface area (Å²) in [5, 5.41) is 1.27. The first-order valence-corrected chi connectivity index (χ1v) is 5.13. The number of nitrogens with zero attached hydrogens (tertiary/aromatic N) is 1. The lowest BCUT2D eigenvalue weighted by Crippen LogP contribution is -1.93. The molecule has 3 nitrogen and oxygen atoms in total. The molecule has 0 fully saturated rings. The average molecular weight is 219 g/mol. The van der Waals surface area contributed by atoms with Crippen LogP contribution >= 0.6 is 23.4 Å². The Morgan fingerprint density at radius 1 is 1.62 bits per heavy atom. The van der Waals surface area contributed by atoms with Gasteiger partial charge in [0.2, 0.25) is 0 Å². The number of hydrogen-bond acceptors (Lipinski definition) is 4. The summed E-state index contributed by atoms with van der Waals surface area (Å²) in [5.74, 6) is 0.850. The van der Waals surface area contributed by atoms with Crippen LogP contribution in [0, 0.1) is 0 Å². The van der Waals surface area contributed by atoms with E-state index in [1.807, 2.05) is 0 Å². The minimum atomic E-state index is 0.430. The van der Waals surface area contributed by atoms with Crippen molar-refractivity contribution < 1.29 is 4.74 Å². The van der Waals surface area contributed by atoms with Crippen LogP contribution < -0.4 is 5.73 Å². The fourth-order valence-corrected chi connectivity index (χ4v) is 1.90. The zero-order valence-corrected chi connectivity index (χ0v) is 8.86. The van der Waals surface area contributed by atoms with E-state index < -0.39 is 0 Å². The number of hydrogen-bond donors (Lipinski definition) is 1. The van der Waals surface area contributed by atoms with Crippen molar-refractivity contribution in [2.45, 2.75) is 5.03 Å². The van der Waals surface area contributed by atoms with Gasteiger partial charge in [0.1, 0.15) is 5.15 Å². The van der Waals surface area contributed by atoms with Crippen molar-refractivity contribution in [1.82, 2.24) is 4.98 Å². The maximum Gasteiger partial charge on any atom is 0.132 e. The highest BCUT2D eigenvalue weighted by molar-refractivity contribution is 7.99. The Kier molecular flexibility index (Phi) is 4.35. The molecule has 0 aliphatic rings. The summed E-state index contributed by atoms with van der Waals surface area (Å²) in [5.41, 5.74) is 6.23. The van der Waals surface area contributed by atoms with Crippen LogP contribution in [-0.4, -0.2) is 24.5 Å². The van der Waals surface area contributed by atoms with Gasteiger partial charge >= 0.3 is 0 Å². The Labute approximate surface area is 86.6 Å². The van der Waals surface area contributed by atoms with Gasteiger partial charge in [0.15, 0.2) is 0 Å². The van der Waals surface area contributed by atoms with Crippen molar-refractivity contribution in [1.29, 1.82) is 0 Å². The van der Waals surface area contributed by atoms with Crippen molar-refractivity contribution in [3.8, 4) is 0 Å². The lowest BCUT2D eigenvalue weighted by atomic mass is 10.4. The van der Waals surface area contributed by atoms with Gasteiger partial charge in [0.05, 0.1) is 11.6 Å². The molecular formula is C8H11ClN2OS. The van der Waals surface area contributed by atoms with E-state index in [9.17, 15) is 0 Å². The number of ether oxygens (including phenoxy) is 1. The molecule has 1 aromatic rings. The summed E-state index contributed by atoms with van der Waals surface area (Å²) < 4.78 is 4.91. The SMILES string of the molecule is COCCSc1cc(N)cc(Cl)n1. The van der Waals surface area contributed by atoms with Gasteiger partial charge < -0.3 is 10.5 Å². The molecule has 72 valence electrons. The zero-order valence-electron chi connectivity index (χ0n) is 7.29. The van der Waals surface area contributed by atoms with E-state index in [1.165, 1.54) is 0 Å². The Balaban J connectivity index is 2.56. The third-order valence-corrected chi connectivity index (χ3v) is 2.40. The van der Waals surface area contributed by atoms with Gasteiger partial charge in [-0.15, -0.1) is 11.8 Å². The molecule has 2 N–H and O–H groups in total. The van der Waals surface area contributed by atoms with Crippen LogP contribution in [0.4, 0.5) is 5.69 Å². The maximum atomic E-state index is 5.73. The second-order valence-corrected chi connectivity index (χ2v) is 3.91. The summed E-state index contributed by atoms with van der Waals surface area (Å²) >= 11 is 7.30. The normalized spacial score (nSPS) is 10.3. The predicted molar refractivity (Wildman–Crippen MR) is 56.3 cm³/mol. The summed E-state index contributed by atoms with van der Waals surface area (Å²) in [6.07, 6.45) is 0. The van der Waals surface area contributed by atoms with E-state index in [-0.39, 0.29) is 0 Å². The second kappa shape index (κ2) is 5.32. The highest BCUT2D eigenvalue weighted by Gasteiger charge is 1.99. The van der Waals surface area contributed by atoms with Crippen LogP contribution in [0.5, 0.6) is 0 Å². The van der Waals surface area contributed by atoms with Crippen LogP contribution in [0.1, 0.15) is 0 Å². The van der Waals surface area contributed by atoms with Gasteiger partial charge in [0.25, 0.3) is 0 Å². The van der Waals surface area contributed by atoms with E-state index in [4.69, 9.17) is 22.1 Å². The molecule has 5 heteroatoms. The number of nitrogen functional groups attached to an aromatic ring is 1. The van der Waals surface area contributed by atoms with E-state index >= 15 is 0 Å². The largest absolute Gasteiger partial charge is 0.399 e. The minimum Gasteiger partial charge on any atom is -0.399 e. The molecule has 0 spiro atoms. The Hall–Kier alpha value is -0.450. The average Bonchev–Trinajstić information content (AvgIpc) is 2.03. The third-order valence-electron chi connectivity index (χ3n) is 1.33. The Morgan fingerprint density at radius 2 is 2.38 bits per heavy atom. The van der Waals surface area contributed by atoms with Crippen LogP contribution in [0.15, 0.2) is 17.2 Å². The first kappa shape index (κ1) is 10.6. The number of anilines is 1. The van der Waals surface area contributed by atoms with Crippen molar-refractivity contribution >= 4 is 29.1 Å². The van der Waals surface area contributed by atoms with Crippen LogP contribution in [0.3, 0.4) is 0 Å². The van der Waals surface area contributed by atoms with Crippen molar-refractivity contribution in [3.63, 3.8) is 0 Å². The number of thioether (sulfide) groups is 1. The summed E-state index contributed by atoms with van der Waals surface area (Å²) in [6, 6.07) is 3.42. The monoisotopic (exact) mass is 218 g/mol. The number of aromatic nitrogens is 1. The number of methoxy groups -OCH3 is 1. The quantitative estimate of drug-likeness (QED) is 0.478. The van der Waals surface area contributed by atoms with Gasteiger partial charge in [-0.3, -0.25) is 0 Å². The lowest BCUT2D eigenvalue weighted by Gasteiger charge is -2.01. The van der Waals surface area contributed by atoms with Crippen LogP contribution in [-0.2, 0) is 4.74 Å². The molecule has 0 atom stereocenters. The smallest absolute Gasteiger partial charge is 0.132 e.